The number of hydrogen-bond acceptors (Lipinski definition) is 2. The predicted octanol–water partition coefficient (Wildman–Crippen LogP) is 3.35. The van der Waals surface area contributed by atoms with Crippen LogP contribution in [0.4, 0.5) is 0 Å². The minimum absolute atomic E-state index is 0.0211. The molecule has 0 aliphatic rings. The van der Waals surface area contributed by atoms with Crippen LogP contribution in [-0.2, 0) is 16.1 Å². The van der Waals surface area contributed by atoms with Gasteiger partial charge in [-0.2, -0.15) is 0 Å². The molecule has 0 fully saturated rings. The molecule has 0 bridgehead atoms. The molecule has 4 nitrogen and oxygen atoms in total. The maximum atomic E-state index is 12.3. The van der Waals surface area contributed by atoms with Gasteiger partial charge < -0.3 is 10.2 Å². The Morgan fingerprint density at radius 3 is 2.50 bits per heavy atom. The van der Waals surface area contributed by atoms with Crippen molar-refractivity contribution in [1.82, 2.24) is 10.2 Å². The number of benzene rings is 1. The van der Waals surface area contributed by atoms with Gasteiger partial charge >= 0.3 is 0 Å². The number of nitrogens with zero attached hydrogens (tertiary/aromatic N) is 1. The van der Waals surface area contributed by atoms with Gasteiger partial charge in [0.15, 0.2) is 0 Å². The summed E-state index contributed by atoms with van der Waals surface area (Å²) in [6.07, 6.45) is 0.385. The first-order valence-corrected chi connectivity index (χ1v) is 8.46. The second-order valence-electron chi connectivity index (χ2n) is 5.82. The summed E-state index contributed by atoms with van der Waals surface area (Å²) < 4.78 is 0.964. The molecule has 0 unspecified atom stereocenters. The zero-order chi connectivity index (χ0) is 16.7. The van der Waals surface area contributed by atoms with Gasteiger partial charge in [-0.1, -0.05) is 48.8 Å². The van der Waals surface area contributed by atoms with E-state index in [9.17, 15) is 9.59 Å². The summed E-state index contributed by atoms with van der Waals surface area (Å²) >= 11 is 3.43. The molecule has 0 aliphatic carbocycles. The summed E-state index contributed by atoms with van der Waals surface area (Å²) in [5.74, 6) is 0.259. The molecule has 0 aliphatic heterocycles. The minimum atomic E-state index is -0.481. The average molecular weight is 369 g/mol. The molecule has 5 heteroatoms. The first kappa shape index (κ1) is 18.7. The van der Waals surface area contributed by atoms with Gasteiger partial charge in [-0.05, 0) is 30.5 Å². The predicted molar refractivity (Wildman–Crippen MR) is 92.3 cm³/mol. The number of amides is 2. The first-order chi connectivity index (χ1) is 10.3. The summed E-state index contributed by atoms with van der Waals surface area (Å²) in [7, 11) is 0. The van der Waals surface area contributed by atoms with Crippen LogP contribution in [-0.4, -0.2) is 29.3 Å². The Hall–Kier alpha value is -1.36. The Labute approximate surface area is 141 Å². The number of carbonyl (C=O) groups is 2. The van der Waals surface area contributed by atoms with Gasteiger partial charge in [0.05, 0.1) is 0 Å². The van der Waals surface area contributed by atoms with Crippen molar-refractivity contribution in [2.45, 2.75) is 46.7 Å². The van der Waals surface area contributed by atoms with Gasteiger partial charge in [0, 0.05) is 24.0 Å². The summed E-state index contributed by atoms with van der Waals surface area (Å²) in [6.45, 7) is 8.73. The molecule has 0 radical (unpaired) electrons. The van der Waals surface area contributed by atoms with E-state index in [0.29, 0.717) is 25.4 Å². The lowest BCUT2D eigenvalue weighted by molar-refractivity contribution is -0.140. The molecule has 22 heavy (non-hydrogen) atoms. The second-order valence-corrected chi connectivity index (χ2v) is 6.74. The highest BCUT2D eigenvalue weighted by molar-refractivity contribution is 9.10. The first-order valence-electron chi connectivity index (χ1n) is 7.66. The van der Waals surface area contributed by atoms with Crippen LogP contribution in [0.1, 0.15) is 39.7 Å². The lowest BCUT2D eigenvalue weighted by Crippen LogP contribution is -2.48. The van der Waals surface area contributed by atoms with Gasteiger partial charge in [0.1, 0.15) is 6.04 Å². The average Bonchev–Trinajstić information content (AvgIpc) is 2.48. The normalized spacial score (nSPS) is 12.1. The monoisotopic (exact) mass is 368 g/mol. The lowest BCUT2D eigenvalue weighted by atomic mass is 10.1. The fourth-order valence-corrected chi connectivity index (χ4v) is 2.52. The van der Waals surface area contributed by atoms with Crippen molar-refractivity contribution in [2.75, 3.05) is 6.54 Å². The van der Waals surface area contributed by atoms with E-state index in [1.807, 2.05) is 45.0 Å². The molecule has 1 N–H and O–H groups in total. The van der Waals surface area contributed by atoms with Crippen LogP contribution in [0, 0.1) is 5.92 Å². The van der Waals surface area contributed by atoms with Gasteiger partial charge in [0.25, 0.3) is 0 Å². The Morgan fingerprint density at radius 1 is 1.27 bits per heavy atom. The lowest BCUT2D eigenvalue weighted by Gasteiger charge is -2.28. The summed E-state index contributed by atoms with van der Waals surface area (Å²) in [5, 5.41) is 2.90. The molecule has 1 aromatic rings. The van der Waals surface area contributed by atoms with Gasteiger partial charge in [-0.3, -0.25) is 9.59 Å². The Bertz CT molecular complexity index is 517. The molecule has 122 valence electrons. The Kier molecular flexibility index (Phi) is 7.59. The largest absolute Gasteiger partial charge is 0.354 e. The van der Waals surface area contributed by atoms with E-state index in [-0.39, 0.29) is 11.8 Å². The van der Waals surface area contributed by atoms with Crippen LogP contribution < -0.4 is 5.32 Å². The smallest absolute Gasteiger partial charge is 0.242 e. The molecule has 1 aromatic carbocycles. The molecule has 1 atom stereocenters. The van der Waals surface area contributed by atoms with Crippen LogP contribution in [0.15, 0.2) is 28.7 Å². The van der Waals surface area contributed by atoms with E-state index in [2.05, 4.69) is 21.2 Å². The summed E-state index contributed by atoms with van der Waals surface area (Å²) in [6, 6.07) is 7.31. The maximum absolute atomic E-state index is 12.3. The van der Waals surface area contributed by atoms with Crippen molar-refractivity contribution in [3.63, 3.8) is 0 Å². The van der Waals surface area contributed by atoms with Crippen molar-refractivity contribution in [2.24, 2.45) is 5.92 Å². The van der Waals surface area contributed by atoms with E-state index in [0.717, 1.165) is 10.0 Å². The molecule has 0 heterocycles. The third-order valence-corrected chi connectivity index (χ3v) is 3.89. The second kappa shape index (κ2) is 8.93. The third-order valence-electron chi connectivity index (χ3n) is 3.40. The molecule has 0 saturated carbocycles. The van der Waals surface area contributed by atoms with Crippen molar-refractivity contribution < 1.29 is 9.59 Å². The van der Waals surface area contributed by atoms with Gasteiger partial charge in [0.2, 0.25) is 11.8 Å². The molecule has 0 aromatic heterocycles. The van der Waals surface area contributed by atoms with Crippen molar-refractivity contribution in [3.05, 3.63) is 34.3 Å². The highest BCUT2D eigenvalue weighted by Crippen LogP contribution is 2.15. The molecule has 2 amide bonds. The van der Waals surface area contributed by atoms with Crippen LogP contribution in [0.3, 0.4) is 0 Å². The molecule has 0 saturated heterocycles. The van der Waals surface area contributed by atoms with Crippen LogP contribution in [0.5, 0.6) is 0 Å². The zero-order valence-electron chi connectivity index (χ0n) is 13.7. The van der Waals surface area contributed by atoms with E-state index >= 15 is 0 Å². The van der Waals surface area contributed by atoms with Crippen molar-refractivity contribution >= 4 is 27.7 Å². The van der Waals surface area contributed by atoms with E-state index in [1.54, 1.807) is 11.8 Å². The van der Waals surface area contributed by atoms with Crippen LogP contribution >= 0.6 is 15.9 Å². The van der Waals surface area contributed by atoms with Gasteiger partial charge in [-0.15, -0.1) is 0 Å². The SMILES string of the molecule is CCC(=O)N(Cc1cccc(Br)c1)[C@H](C)C(=O)NCC(C)C. The van der Waals surface area contributed by atoms with Gasteiger partial charge in [-0.25, -0.2) is 0 Å². The van der Waals surface area contributed by atoms with E-state index in [4.69, 9.17) is 0 Å². The van der Waals surface area contributed by atoms with Crippen molar-refractivity contribution in [1.29, 1.82) is 0 Å². The number of carbonyl (C=O) groups excluding carboxylic acids is 2. The number of rotatable bonds is 7. The maximum Gasteiger partial charge on any atom is 0.242 e. The number of nitrogens with one attached hydrogen (secondary N) is 1. The molecule has 1 rings (SSSR count). The van der Waals surface area contributed by atoms with Crippen molar-refractivity contribution in [3.8, 4) is 0 Å². The topological polar surface area (TPSA) is 49.4 Å². The minimum Gasteiger partial charge on any atom is -0.354 e. The Morgan fingerprint density at radius 2 is 1.95 bits per heavy atom. The molecular weight excluding hydrogens is 344 g/mol. The summed E-state index contributed by atoms with van der Waals surface area (Å²) in [5.41, 5.74) is 1.000. The number of hydrogen-bond donors (Lipinski definition) is 1. The van der Waals surface area contributed by atoms with Crippen LogP contribution in [0.2, 0.25) is 0 Å². The zero-order valence-corrected chi connectivity index (χ0v) is 15.3. The third kappa shape index (κ3) is 5.79. The highest BCUT2D eigenvalue weighted by Gasteiger charge is 2.25. The standard InChI is InChI=1S/C17H25BrN2O2/c1-5-16(21)20(11-14-7-6-8-15(18)9-14)13(4)17(22)19-10-12(2)3/h6-9,12-13H,5,10-11H2,1-4H3,(H,19,22)/t13-/m1/s1. The fourth-order valence-electron chi connectivity index (χ4n) is 2.07. The van der Waals surface area contributed by atoms with E-state index in [1.165, 1.54) is 0 Å². The fraction of sp³-hybridized carbons (Fsp3) is 0.529. The number of halogens is 1. The molecular formula is C17H25BrN2O2. The Balaban J connectivity index is 2.83. The highest BCUT2D eigenvalue weighted by atomic mass is 79.9. The molecule has 0 spiro atoms. The van der Waals surface area contributed by atoms with E-state index < -0.39 is 6.04 Å². The van der Waals surface area contributed by atoms with Crippen LogP contribution in [0.25, 0.3) is 0 Å². The quantitative estimate of drug-likeness (QED) is 0.801. The summed E-state index contributed by atoms with van der Waals surface area (Å²) in [4.78, 5) is 26.1.